The largest absolute Gasteiger partial charge is 0.353 e. The van der Waals surface area contributed by atoms with Crippen LogP contribution in [0.15, 0.2) is 41.4 Å². The number of aromatic nitrogens is 1. The van der Waals surface area contributed by atoms with Crippen molar-refractivity contribution in [1.82, 2.24) is 9.29 Å². The van der Waals surface area contributed by atoms with E-state index in [0.29, 0.717) is 30.0 Å². The Balaban J connectivity index is 1.79. The number of nitrogens with zero attached hydrogens (tertiary/aromatic N) is 4. The van der Waals surface area contributed by atoms with Crippen LogP contribution in [0.3, 0.4) is 0 Å². The van der Waals surface area contributed by atoms with E-state index in [0.717, 1.165) is 6.07 Å². The molecule has 0 saturated carbocycles. The number of sulfonamides is 1. The highest BCUT2D eigenvalue weighted by molar-refractivity contribution is 7.89. The molecule has 1 aromatic heterocycles. The summed E-state index contributed by atoms with van der Waals surface area (Å²) >= 11 is 0. The zero-order chi connectivity index (χ0) is 18.0. The van der Waals surface area contributed by atoms with Gasteiger partial charge in [-0.1, -0.05) is 0 Å². The van der Waals surface area contributed by atoms with Crippen molar-refractivity contribution in [3.05, 3.63) is 53.5 Å². The van der Waals surface area contributed by atoms with Crippen LogP contribution in [0.5, 0.6) is 0 Å². The molecule has 6 nitrogen and oxygen atoms in total. The van der Waals surface area contributed by atoms with Crippen molar-refractivity contribution in [1.29, 1.82) is 5.26 Å². The molecule has 0 aliphatic carbocycles. The molecule has 2 heterocycles. The molecule has 1 aromatic carbocycles. The van der Waals surface area contributed by atoms with E-state index >= 15 is 0 Å². The molecule has 0 N–H and O–H groups in total. The second kappa shape index (κ2) is 6.78. The van der Waals surface area contributed by atoms with Crippen molar-refractivity contribution >= 4 is 15.8 Å². The number of rotatable bonds is 3. The minimum absolute atomic E-state index is 0.123. The smallest absolute Gasteiger partial charge is 0.243 e. The predicted molar refractivity (Wildman–Crippen MR) is 91.1 cm³/mol. The van der Waals surface area contributed by atoms with Gasteiger partial charge in [-0.05, 0) is 42.8 Å². The zero-order valence-electron chi connectivity index (χ0n) is 13.7. The highest BCUT2D eigenvalue weighted by Gasteiger charge is 2.30. The van der Waals surface area contributed by atoms with Gasteiger partial charge < -0.3 is 4.90 Å². The van der Waals surface area contributed by atoms with E-state index in [1.165, 1.54) is 16.4 Å². The Morgan fingerprint density at radius 1 is 1.20 bits per heavy atom. The Morgan fingerprint density at radius 2 is 1.92 bits per heavy atom. The number of benzene rings is 1. The molecule has 1 aliphatic heterocycles. The molecule has 130 valence electrons. The Hall–Kier alpha value is -2.50. The third kappa shape index (κ3) is 3.34. The first-order chi connectivity index (χ1) is 11.9. The molecule has 0 spiro atoms. The van der Waals surface area contributed by atoms with Crippen LogP contribution < -0.4 is 4.90 Å². The van der Waals surface area contributed by atoms with Gasteiger partial charge in [-0.25, -0.2) is 17.8 Å². The van der Waals surface area contributed by atoms with Crippen molar-refractivity contribution in [2.45, 2.75) is 11.8 Å². The van der Waals surface area contributed by atoms with Crippen LogP contribution in [0, 0.1) is 24.1 Å². The minimum atomic E-state index is -3.68. The number of halogens is 1. The minimum Gasteiger partial charge on any atom is -0.353 e. The maximum Gasteiger partial charge on any atom is 0.243 e. The Morgan fingerprint density at radius 3 is 2.56 bits per heavy atom. The molecule has 25 heavy (non-hydrogen) atoms. The van der Waals surface area contributed by atoms with Gasteiger partial charge in [0.15, 0.2) is 0 Å². The van der Waals surface area contributed by atoms with Crippen molar-refractivity contribution in [2.24, 2.45) is 0 Å². The van der Waals surface area contributed by atoms with Crippen LogP contribution in [0.4, 0.5) is 10.2 Å². The monoisotopic (exact) mass is 360 g/mol. The van der Waals surface area contributed by atoms with E-state index in [4.69, 9.17) is 0 Å². The van der Waals surface area contributed by atoms with Crippen LogP contribution in [-0.2, 0) is 10.0 Å². The number of anilines is 1. The summed E-state index contributed by atoms with van der Waals surface area (Å²) in [6.45, 7) is 3.01. The molecule has 0 bridgehead atoms. The van der Waals surface area contributed by atoms with Gasteiger partial charge in [0.2, 0.25) is 10.0 Å². The topological polar surface area (TPSA) is 77.3 Å². The fourth-order valence-electron chi connectivity index (χ4n) is 2.92. The molecule has 8 heteroatoms. The van der Waals surface area contributed by atoms with Crippen molar-refractivity contribution in [3.8, 4) is 6.07 Å². The lowest BCUT2D eigenvalue weighted by Gasteiger charge is -2.35. The number of nitriles is 1. The summed E-state index contributed by atoms with van der Waals surface area (Å²) in [5.41, 5.74) is 0.854. The first-order valence-electron chi connectivity index (χ1n) is 7.80. The van der Waals surface area contributed by atoms with Crippen molar-refractivity contribution in [3.63, 3.8) is 0 Å². The summed E-state index contributed by atoms with van der Waals surface area (Å²) in [6, 6.07) is 9.16. The van der Waals surface area contributed by atoms with Crippen LogP contribution in [0.1, 0.15) is 11.1 Å². The molecule has 0 radical (unpaired) electrons. The van der Waals surface area contributed by atoms with Crippen LogP contribution in [0.25, 0.3) is 0 Å². The molecule has 0 unspecified atom stereocenters. The summed E-state index contributed by atoms with van der Waals surface area (Å²) in [7, 11) is -3.68. The molecule has 2 aromatic rings. The quantitative estimate of drug-likeness (QED) is 0.836. The molecule has 1 fully saturated rings. The van der Waals surface area contributed by atoms with Crippen molar-refractivity contribution in [2.75, 3.05) is 31.1 Å². The van der Waals surface area contributed by atoms with E-state index in [2.05, 4.69) is 11.1 Å². The highest BCUT2D eigenvalue weighted by Crippen LogP contribution is 2.24. The van der Waals surface area contributed by atoms with E-state index in [9.17, 15) is 18.1 Å². The summed E-state index contributed by atoms with van der Waals surface area (Å²) in [4.78, 5) is 6.26. The van der Waals surface area contributed by atoms with Gasteiger partial charge in [0.1, 0.15) is 17.7 Å². The second-order valence-corrected chi connectivity index (χ2v) is 7.69. The Bertz CT molecular complexity index is 932. The zero-order valence-corrected chi connectivity index (χ0v) is 14.5. The van der Waals surface area contributed by atoms with E-state index in [1.807, 2.05) is 4.90 Å². The SMILES string of the molecule is Cc1cc(F)ccc1S(=O)(=O)N1CCN(c2ncccc2C#N)CC1. The third-order valence-corrected chi connectivity index (χ3v) is 6.26. The maximum atomic E-state index is 13.2. The summed E-state index contributed by atoms with van der Waals surface area (Å²) in [5.74, 6) is 0.112. The lowest BCUT2D eigenvalue weighted by atomic mass is 10.2. The van der Waals surface area contributed by atoms with Gasteiger partial charge in [-0.15, -0.1) is 0 Å². The molecule has 1 saturated heterocycles. The highest BCUT2D eigenvalue weighted by atomic mass is 32.2. The maximum absolute atomic E-state index is 13.2. The summed E-state index contributed by atoms with van der Waals surface area (Å²) in [5, 5.41) is 9.18. The Kier molecular flexibility index (Phi) is 4.70. The normalized spacial score (nSPS) is 15.8. The molecule has 0 amide bonds. The number of hydrogen-bond donors (Lipinski definition) is 0. The molecule has 0 atom stereocenters. The van der Waals surface area contributed by atoms with Crippen LogP contribution in [-0.4, -0.2) is 43.9 Å². The molecular formula is C17H17FN4O2S. The lowest BCUT2D eigenvalue weighted by Crippen LogP contribution is -2.49. The van der Waals surface area contributed by atoms with Crippen LogP contribution >= 0.6 is 0 Å². The van der Waals surface area contributed by atoms with Gasteiger partial charge in [0.05, 0.1) is 10.5 Å². The third-order valence-electron chi connectivity index (χ3n) is 4.20. The average molecular weight is 360 g/mol. The van der Waals surface area contributed by atoms with Gasteiger partial charge in [0.25, 0.3) is 0 Å². The second-order valence-electron chi connectivity index (χ2n) is 5.79. The van der Waals surface area contributed by atoms with Crippen LogP contribution in [0.2, 0.25) is 0 Å². The summed E-state index contributed by atoms with van der Waals surface area (Å²) < 4.78 is 40.2. The first kappa shape index (κ1) is 17.3. The fourth-order valence-corrected chi connectivity index (χ4v) is 4.55. The standard InChI is InChI=1S/C17H17FN4O2S/c1-13-11-15(18)4-5-16(13)25(23,24)22-9-7-21(8-10-22)17-14(12-19)3-2-6-20-17/h2-6,11H,7-10H2,1H3. The molecule has 3 rings (SSSR count). The predicted octanol–water partition coefficient (Wildman–Crippen LogP) is 1.91. The number of hydrogen-bond acceptors (Lipinski definition) is 5. The first-order valence-corrected chi connectivity index (χ1v) is 9.24. The average Bonchev–Trinajstić information content (AvgIpc) is 2.61. The molecular weight excluding hydrogens is 343 g/mol. The van der Waals surface area contributed by atoms with Gasteiger partial charge in [-0.3, -0.25) is 0 Å². The van der Waals surface area contributed by atoms with Gasteiger partial charge in [-0.2, -0.15) is 9.57 Å². The molecule has 1 aliphatic rings. The Labute approximate surface area is 146 Å². The number of pyridine rings is 1. The number of piperazine rings is 1. The lowest BCUT2D eigenvalue weighted by molar-refractivity contribution is 0.383. The number of aryl methyl sites for hydroxylation is 1. The van der Waals surface area contributed by atoms with E-state index in [-0.39, 0.29) is 18.0 Å². The fraction of sp³-hybridized carbons (Fsp3) is 0.294. The van der Waals surface area contributed by atoms with E-state index in [1.54, 1.807) is 25.3 Å². The van der Waals surface area contributed by atoms with E-state index < -0.39 is 15.8 Å². The van der Waals surface area contributed by atoms with Gasteiger partial charge >= 0.3 is 0 Å². The van der Waals surface area contributed by atoms with Gasteiger partial charge in [0, 0.05) is 32.4 Å². The summed E-state index contributed by atoms with van der Waals surface area (Å²) in [6.07, 6.45) is 1.61. The van der Waals surface area contributed by atoms with Crippen molar-refractivity contribution < 1.29 is 12.8 Å².